The topological polar surface area (TPSA) is 49.3 Å². The molecule has 0 amide bonds. The number of benzene rings is 1. The number of thioether (sulfide) groups is 1. The first-order valence-electron chi connectivity index (χ1n) is 5.92. The third-order valence-electron chi connectivity index (χ3n) is 3.83. The summed E-state index contributed by atoms with van der Waals surface area (Å²) in [6.45, 7) is 1.44. The van der Waals surface area contributed by atoms with E-state index in [1.54, 1.807) is 0 Å². The maximum Gasteiger partial charge on any atom is 0.308 e. The van der Waals surface area contributed by atoms with Crippen LogP contribution in [0, 0.1) is 11.8 Å². The van der Waals surface area contributed by atoms with Gasteiger partial charge in [-0.1, -0.05) is 18.2 Å². The number of hydrogen-bond donors (Lipinski definition) is 2. The van der Waals surface area contributed by atoms with E-state index in [9.17, 15) is 9.90 Å². The predicted octanol–water partition coefficient (Wildman–Crippen LogP) is 1.80. The van der Waals surface area contributed by atoms with Gasteiger partial charge in [-0.15, -0.1) is 11.8 Å². The van der Waals surface area contributed by atoms with Gasteiger partial charge in [0.2, 0.25) is 0 Å². The minimum Gasteiger partial charge on any atom is -0.481 e. The second kappa shape index (κ2) is 4.35. The van der Waals surface area contributed by atoms with Crippen LogP contribution in [0.5, 0.6) is 0 Å². The lowest BCUT2D eigenvalue weighted by molar-refractivity contribution is -0.142. The van der Waals surface area contributed by atoms with Gasteiger partial charge in [0.15, 0.2) is 0 Å². The molecule has 1 saturated heterocycles. The van der Waals surface area contributed by atoms with Crippen LogP contribution in [0.2, 0.25) is 0 Å². The second-order valence-electron chi connectivity index (χ2n) is 4.72. The fraction of sp³-hybridized carbons (Fsp3) is 0.462. The quantitative estimate of drug-likeness (QED) is 0.839. The van der Waals surface area contributed by atoms with E-state index in [1.807, 2.05) is 11.8 Å². The standard InChI is InChI=1S/C13H15NO2S/c15-13(16)10-6-14-5-9(10)11-7-17-12-4-2-1-3-8(11)12/h1-4,9-11,14H,5-7H2,(H,15,16). The van der Waals surface area contributed by atoms with Gasteiger partial charge in [0.1, 0.15) is 0 Å². The van der Waals surface area contributed by atoms with Gasteiger partial charge in [-0.3, -0.25) is 4.79 Å². The van der Waals surface area contributed by atoms with Gasteiger partial charge in [0, 0.05) is 17.2 Å². The van der Waals surface area contributed by atoms with E-state index in [2.05, 4.69) is 29.6 Å². The lowest BCUT2D eigenvalue weighted by Crippen LogP contribution is -2.27. The molecule has 0 aromatic heterocycles. The van der Waals surface area contributed by atoms with Crippen LogP contribution >= 0.6 is 11.8 Å². The predicted molar refractivity (Wildman–Crippen MR) is 67.4 cm³/mol. The minimum absolute atomic E-state index is 0.230. The molecule has 3 atom stereocenters. The Bertz CT molecular complexity index is 449. The van der Waals surface area contributed by atoms with Gasteiger partial charge >= 0.3 is 5.97 Å². The Morgan fingerprint density at radius 2 is 2.18 bits per heavy atom. The fourth-order valence-electron chi connectivity index (χ4n) is 2.93. The highest BCUT2D eigenvalue weighted by Crippen LogP contribution is 2.45. The number of carbonyl (C=O) groups is 1. The van der Waals surface area contributed by atoms with E-state index in [4.69, 9.17) is 0 Å². The second-order valence-corrected chi connectivity index (χ2v) is 5.78. The summed E-state index contributed by atoms with van der Waals surface area (Å²) in [5.74, 6) is 0.771. The van der Waals surface area contributed by atoms with Crippen LogP contribution in [0.25, 0.3) is 0 Å². The summed E-state index contributed by atoms with van der Waals surface area (Å²) in [4.78, 5) is 12.6. The number of carboxylic acids is 1. The molecule has 0 saturated carbocycles. The highest BCUT2D eigenvalue weighted by Gasteiger charge is 2.41. The number of carboxylic acid groups (broad SMARTS) is 1. The molecule has 17 heavy (non-hydrogen) atoms. The Hall–Kier alpha value is -1.00. The van der Waals surface area contributed by atoms with E-state index in [0.29, 0.717) is 12.5 Å². The van der Waals surface area contributed by atoms with Crippen LogP contribution in [0.1, 0.15) is 11.5 Å². The zero-order valence-corrected chi connectivity index (χ0v) is 10.2. The minimum atomic E-state index is -0.658. The molecule has 2 aliphatic rings. The summed E-state index contributed by atoms with van der Waals surface area (Å²) >= 11 is 1.86. The van der Waals surface area contributed by atoms with Crippen LogP contribution in [0.4, 0.5) is 0 Å². The number of rotatable bonds is 2. The van der Waals surface area contributed by atoms with Crippen molar-refractivity contribution in [3.63, 3.8) is 0 Å². The first kappa shape index (κ1) is 11.1. The average molecular weight is 249 g/mol. The lowest BCUT2D eigenvalue weighted by atomic mass is 9.81. The smallest absolute Gasteiger partial charge is 0.308 e. The summed E-state index contributed by atoms with van der Waals surface area (Å²) in [5, 5.41) is 12.5. The van der Waals surface area contributed by atoms with Crippen molar-refractivity contribution >= 4 is 17.7 Å². The van der Waals surface area contributed by atoms with Crippen molar-refractivity contribution < 1.29 is 9.90 Å². The van der Waals surface area contributed by atoms with E-state index < -0.39 is 5.97 Å². The molecule has 0 aliphatic carbocycles. The Kier molecular flexibility index (Phi) is 2.84. The van der Waals surface area contributed by atoms with Crippen LogP contribution in [-0.2, 0) is 4.79 Å². The molecule has 0 radical (unpaired) electrons. The molecule has 2 N–H and O–H groups in total. The summed E-state index contributed by atoms with van der Waals surface area (Å²) < 4.78 is 0. The number of nitrogens with one attached hydrogen (secondary N) is 1. The van der Waals surface area contributed by atoms with Gasteiger partial charge in [-0.05, 0) is 30.0 Å². The SMILES string of the molecule is O=C(O)C1CNCC1C1CSc2ccccc21. The van der Waals surface area contributed by atoms with E-state index in [1.165, 1.54) is 10.5 Å². The van der Waals surface area contributed by atoms with Crippen molar-refractivity contribution in [1.29, 1.82) is 0 Å². The van der Waals surface area contributed by atoms with Crippen LogP contribution in [0.15, 0.2) is 29.2 Å². The van der Waals surface area contributed by atoms with Gasteiger partial charge in [-0.2, -0.15) is 0 Å². The molecule has 0 spiro atoms. The van der Waals surface area contributed by atoms with Gasteiger partial charge < -0.3 is 10.4 Å². The summed E-state index contributed by atoms with van der Waals surface area (Å²) in [6.07, 6.45) is 0. The monoisotopic (exact) mass is 249 g/mol. The van der Waals surface area contributed by atoms with Crippen LogP contribution < -0.4 is 5.32 Å². The molecule has 90 valence electrons. The molecule has 1 aromatic carbocycles. The van der Waals surface area contributed by atoms with Crippen LogP contribution in [-0.4, -0.2) is 29.9 Å². The van der Waals surface area contributed by atoms with Crippen molar-refractivity contribution in [2.45, 2.75) is 10.8 Å². The van der Waals surface area contributed by atoms with Crippen molar-refractivity contribution in [2.75, 3.05) is 18.8 Å². The zero-order valence-electron chi connectivity index (χ0n) is 9.43. The molecule has 2 heterocycles. The van der Waals surface area contributed by atoms with Gasteiger partial charge in [0.25, 0.3) is 0 Å². The Morgan fingerprint density at radius 3 is 3.00 bits per heavy atom. The van der Waals surface area contributed by atoms with E-state index in [-0.39, 0.29) is 11.8 Å². The highest BCUT2D eigenvalue weighted by atomic mass is 32.2. The van der Waals surface area contributed by atoms with Crippen molar-refractivity contribution in [3.8, 4) is 0 Å². The Balaban J connectivity index is 1.89. The molecule has 3 rings (SSSR count). The maximum absolute atomic E-state index is 11.2. The van der Waals surface area contributed by atoms with Crippen molar-refractivity contribution in [2.24, 2.45) is 11.8 Å². The third-order valence-corrected chi connectivity index (χ3v) is 5.04. The summed E-state index contributed by atoms with van der Waals surface area (Å²) in [7, 11) is 0. The zero-order chi connectivity index (χ0) is 11.8. The number of hydrogen-bond acceptors (Lipinski definition) is 3. The molecule has 0 bridgehead atoms. The first-order valence-corrected chi connectivity index (χ1v) is 6.91. The molecule has 3 unspecified atom stereocenters. The maximum atomic E-state index is 11.2. The van der Waals surface area contributed by atoms with Gasteiger partial charge in [-0.25, -0.2) is 0 Å². The summed E-state index contributed by atoms with van der Waals surface area (Å²) in [6, 6.07) is 8.39. The molecular weight excluding hydrogens is 234 g/mol. The molecule has 2 aliphatic heterocycles. The van der Waals surface area contributed by atoms with Gasteiger partial charge in [0.05, 0.1) is 5.92 Å². The highest BCUT2D eigenvalue weighted by molar-refractivity contribution is 7.99. The van der Waals surface area contributed by atoms with Crippen LogP contribution in [0.3, 0.4) is 0 Å². The number of fused-ring (bicyclic) bond motifs is 1. The van der Waals surface area contributed by atoms with Crippen molar-refractivity contribution in [1.82, 2.24) is 5.32 Å². The molecular formula is C13H15NO2S. The first-order chi connectivity index (χ1) is 8.27. The third kappa shape index (κ3) is 1.85. The average Bonchev–Trinajstić information content (AvgIpc) is 2.94. The van der Waals surface area contributed by atoms with E-state index >= 15 is 0 Å². The largest absolute Gasteiger partial charge is 0.481 e. The van der Waals surface area contributed by atoms with Crippen molar-refractivity contribution in [3.05, 3.63) is 29.8 Å². The summed E-state index contributed by atoms with van der Waals surface area (Å²) in [5.41, 5.74) is 1.34. The Labute approximate surface area is 105 Å². The van der Waals surface area contributed by atoms with E-state index in [0.717, 1.165) is 12.3 Å². The number of aliphatic carboxylic acids is 1. The molecule has 1 fully saturated rings. The lowest BCUT2D eigenvalue weighted by Gasteiger charge is -2.22. The fourth-order valence-corrected chi connectivity index (χ4v) is 4.28. The molecule has 1 aromatic rings. The Morgan fingerprint density at radius 1 is 1.35 bits per heavy atom. The normalized spacial score (nSPS) is 31.4. The molecule has 4 heteroatoms. The molecule has 3 nitrogen and oxygen atoms in total.